The number of anilines is 1. The van der Waals surface area contributed by atoms with Gasteiger partial charge in [-0.05, 0) is 78.7 Å². The SMILES string of the molecule is COc1ccc(N2CCc3ccccc3[C@@H]2[C@H](N=C(c2ccccc2)c2ccccc2N=C([O-])[C@@H]2CCCN2Cc2ccccc2)C(=O)[O-])cc1.[Ni+2]. The summed E-state index contributed by atoms with van der Waals surface area (Å²) in [5.41, 5.74) is 6.15. The zero-order valence-corrected chi connectivity index (χ0v) is 29.9. The Balaban J connectivity index is 0.00000464. The standard InChI is InChI=1S/C43H42N4O4.Ni/c1-51-34-24-22-33(23-25-34)47-28-26-31-15-8-9-18-35(31)41(47)40(43(49)50)45-39(32-16-6-3-7-17-32)36-19-10-11-20-37(36)44-42(48)38-21-12-27-46(38)29-30-13-4-2-5-14-30;/h2-11,13-20,22-25,38,40-41H,12,21,26-29H2,1H3,(H,44,48)(H,49,50);/q;+2/p-2/t38-,40-,41+;/m0./s1. The molecule has 2 aliphatic heterocycles. The number of hydrogen-bond acceptors (Lipinski definition) is 8. The van der Waals surface area contributed by atoms with Gasteiger partial charge in [-0.1, -0.05) is 103 Å². The summed E-state index contributed by atoms with van der Waals surface area (Å²) in [7, 11) is 1.62. The molecule has 2 heterocycles. The van der Waals surface area contributed by atoms with Crippen molar-refractivity contribution in [1.82, 2.24) is 4.90 Å². The van der Waals surface area contributed by atoms with Crippen molar-refractivity contribution in [2.75, 3.05) is 25.1 Å². The van der Waals surface area contributed by atoms with Crippen molar-refractivity contribution in [3.63, 3.8) is 0 Å². The fraction of sp³-hybridized carbons (Fsp3) is 0.233. The number of rotatable bonds is 11. The quantitative estimate of drug-likeness (QED) is 0.101. The second-order valence-electron chi connectivity index (χ2n) is 13.0. The van der Waals surface area contributed by atoms with Crippen LogP contribution in [0.1, 0.15) is 46.7 Å². The van der Waals surface area contributed by atoms with Crippen LogP contribution in [0, 0.1) is 0 Å². The van der Waals surface area contributed by atoms with Crippen LogP contribution < -0.4 is 19.8 Å². The summed E-state index contributed by atoms with van der Waals surface area (Å²) in [5, 5.41) is 27.3. The van der Waals surface area contributed by atoms with E-state index >= 15 is 0 Å². The van der Waals surface area contributed by atoms with Gasteiger partial charge in [0.25, 0.3) is 0 Å². The molecular weight excluding hydrogens is 695 g/mol. The average molecular weight is 736 g/mol. The van der Waals surface area contributed by atoms with Crippen molar-refractivity contribution in [2.45, 2.75) is 43.9 Å². The van der Waals surface area contributed by atoms with E-state index in [0.717, 1.165) is 48.2 Å². The molecule has 0 saturated carbocycles. The first-order valence-electron chi connectivity index (χ1n) is 17.5. The molecule has 266 valence electrons. The van der Waals surface area contributed by atoms with E-state index in [1.165, 1.54) is 0 Å². The zero-order valence-electron chi connectivity index (χ0n) is 28.9. The van der Waals surface area contributed by atoms with Crippen LogP contribution in [0.2, 0.25) is 0 Å². The first-order chi connectivity index (χ1) is 25.0. The van der Waals surface area contributed by atoms with Gasteiger partial charge in [-0.2, -0.15) is 0 Å². The van der Waals surface area contributed by atoms with Crippen molar-refractivity contribution in [2.24, 2.45) is 9.98 Å². The summed E-state index contributed by atoms with van der Waals surface area (Å²) in [4.78, 5) is 27.4. The maximum absolute atomic E-state index is 13.9. The molecule has 2 aliphatic rings. The van der Waals surface area contributed by atoms with Gasteiger partial charge in [-0.15, -0.1) is 0 Å². The Kier molecular flexibility index (Phi) is 11.8. The van der Waals surface area contributed by atoms with Crippen LogP contribution in [0.25, 0.3) is 0 Å². The van der Waals surface area contributed by atoms with Gasteiger partial charge in [0.05, 0.1) is 30.5 Å². The van der Waals surface area contributed by atoms with E-state index in [4.69, 9.17) is 14.7 Å². The predicted molar refractivity (Wildman–Crippen MR) is 198 cm³/mol. The molecule has 52 heavy (non-hydrogen) atoms. The molecule has 0 radical (unpaired) electrons. The number of fused-ring (bicyclic) bond motifs is 1. The molecule has 0 N–H and O–H groups in total. The number of nitrogens with zero attached hydrogens (tertiary/aromatic N) is 4. The zero-order chi connectivity index (χ0) is 35.2. The fourth-order valence-electron chi connectivity index (χ4n) is 7.37. The van der Waals surface area contributed by atoms with Crippen molar-refractivity contribution in [3.05, 3.63) is 161 Å². The number of aliphatic carboxylic acids is 1. The largest absolute Gasteiger partial charge is 2.00 e. The maximum atomic E-state index is 13.9. The monoisotopic (exact) mass is 734 g/mol. The molecule has 1 fully saturated rings. The Bertz CT molecular complexity index is 2020. The maximum Gasteiger partial charge on any atom is 2.00 e. The van der Waals surface area contributed by atoms with E-state index in [0.29, 0.717) is 41.4 Å². The number of carbonyl (C=O) groups excluding carboxylic acids is 1. The van der Waals surface area contributed by atoms with Crippen molar-refractivity contribution in [3.8, 4) is 5.75 Å². The fourth-order valence-corrected chi connectivity index (χ4v) is 7.37. The minimum absolute atomic E-state index is 0. The third-order valence-electron chi connectivity index (χ3n) is 9.86. The molecule has 9 heteroatoms. The molecule has 0 aromatic heterocycles. The third-order valence-corrected chi connectivity index (χ3v) is 9.86. The molecule has 5 aromatic carbocycles. The van der Waals surface area contributed by atoms with E-state index in [1.807, 2.05) is 115 Å². The van der Waals surface area contributed by atoms with E-state index in [2.05, 4.69) is 21.9 Å². The van der Waals surface area contributed by atoms with Gasteiger partial charge in [0.2, 0.25) is 0 Å². The van der Waals surface area contributed by atoms with Crippen LogP contribution in [-0.2, 0) is 34.3 Å². The van der Waals surface area contributed by atoms with Crippen LogP contribution in [0.15, 0.2) is 143 Å². The molecule has 0 bridgehead atoms. The van der Waals surface area contributed by atoms with Gasteiger partial charge >= 0.3 is 16.5 Å². The number of likely N-dealkylation sites (tertiary alicyclic amines) is 1. The van der Waals surface area contributed by atoms with E-state index in [9.17, 15) is 15.0 Å². The average Bonchev–Trinajstić information content (AvgIpc) is 3.64. The second-order valence-corrected chi connectivity index (χ2v) is 13.0. The Morgan fingerprint density at radius 2 is 1.50 bits per heavy atom. The molecule has 0 unspecified atom stereocenters. The number of hydrogen-bond donors (Lipinski definition) is 0. The van der Waals surface area contributed by atoms with Gasteiger partial charge in [0.15, 0.2) is 0 Å². The van der Waals surface area contributed by atoms with Gasteiger partial charge in [-0.25, -0.2) is 0 Å². The van der Waals surface area contributed by atoms with Crippen LogP contribution in [-0.4, -0.2) is 54.8 Å². The van der Waals surface area contributed by atoms with Crippen LogP contribution >= 0.6 is 0 Å². The number of aliphatic imine (C=N–C) groups is 2. The molecule has 5 aromatic rings. The number of methoxy groups -OCH3 is 1. The van der Waals surface area contributed by atoms with Gasteiger partial charge in [-0.3, -0.25) is 14.9 Å². The molecule has 0 aliphatic carbocycles. The van der Waals surface area contributed by atoms with Crippen molar-refractivity contribution < 1.29 is 36.2 Å². The molecule has 3 atom stereocenters. The predicted octanol–water partition coefficient (Wildman–Crippen LogP) is 5.51. The summed E-state index contributed by atoms with van der Waals surface area (Å²) in [6.07, 6.45) is 2.39. The number of benzene rings is 5. The Hall–Kier alpha value is -5.24. The molecule has 7 rings (SSSR count). The summed E-state index contributed by atoms with van der Waals surface area (Å²) in [5.74, 6) is -0.799. The summed E-state index contributed by atoms with van der Waals surface area (Å²) in [6.45, 7) is 2.08. The first-order valence-corrected chi connectivity index (χ1v) is 17.5. The third kappa shape index (κ3) is 7.96. The molecular formula is C43H40N4NiO4. The van der Waals surface area contributed by atoms with Crippen LogP contribution in [0.3, 0.4) is 0 Å². The molecule has 0 spiro atoms. The smallest absolute Gasteiger partial charge is 0.861 e. The molecule has 8 nitrogen and oxygen atoms in total. The van der Waals surface area contributed by atoms with E-state index < -0.39 is 18.1 Å². The number of ether oxygens (including phenoxy) is 1. The van der Waals surface area contributed by atoms with E-state index in [-0.39, 0.29) is 28.4 Å². The first kappa shape index (κ1) is 36.6. The summed E-state index contributed by atoms with van der Waals surface area (Å²) >= 11 is 0. The van der Waals surface area contributed by atoms with Crippen LogP contribution in [0.5, 0.6) is 5.75 Å². The van der Waals surface area contributed by atoms with Gasteiger partial charge < -0.3 is 24.6 Å². The van der Waals surface area contributed by atoms with Gasteiger partial charge in [0.1, 0.15) is 11.8 Å². The summed E-state index contributed by atoms with van der Waals surface area (Å²) < 4.78 is 5.40. The normalized spacial score (nSPS) is 18.3. The topological polar surface area (TPSA) is 104 Å². The number of para-hydroxylation sites is 1. The van der Waals surface area contributed by atoms with Gasteiger partial charge in [0, 0.05) is 35.9 Å². The molecule has 0 amide bonds. The Morgan fingerprint density at radius 3 is 2.23 bits per heavy atom. The minimum atomic E-state index is -1.30. The van der Waals surface area contributed by atoms with Crippen LogP contribution in [0.4, 0.5) is 11.4 Å². The Morgan fingerprint density at radius 1 is 0.827 bits per heavy atom. The van der Waals surface area contributed by atoms with E-state index in [1.54, 1.807) is 13.2 Å². The number of carboxylic acids is 1. The molecule has 1 saturated heterocycles. The second kappa shape index (κ2) is 16.9. The minimum Gasteiger partial charge on any atom is -0.861 e. The van der Waals surface area contributed by atoms with Crippen molar-refractivity contribution in [1.29, 1.82) is 0 Å². The van der Waals surface area contributed by atoms with Crippen molar-refractivity contribution >= 4 is 29.0 Å². The number of carboxylic acid groups (broad SMARTS) is 1. The Labute approximate surface area is 315 Å². The number of carbonyl (C=O) groups is 1. The summed E-state index contributed by atoms with van der Waals surface area (Å²) in [6, 6.07) is 40.3.